The summed E-state index contributed by atoms with van der Waals surface area (Å²) in [6.45, 7) is 4.67. The first-order valence-corrected chi connectivity index (χ1v) is 5.93. The molecule has 0 aliphatic heterocycles. The summed E-state index contributed by atoms with van der Waals surface area (Å²) >= 11 is 0. The maximum Gasteiger partial charge on any atom is 0.141 e. The van der Waals surface area contributed by atoms with E-state index in [1.807, 2.05) is 24.6 Å². The molecule has 5 heteroatoms. The summed E-state index contributed by atoms with van der Waals surface area (Å²) in [7, 11) is 0. The van der Waals surface area contributed by atoms with Crippen molar-refractivity contribution in [1.82, 2.24) is 14.8 Å². The van der Waals surface area contributed by atoms with Crippen molar-refractivity contribution >= 4 is 0 Å². The summed E-state index contributed by atoms with van der Waals surface area (Å²) in [5.74, 6) is -0.402. The first kappa shape index (κ1) is 12.7. The summed E-state index contributed by atoms with van der Waals surface area (Å²) in [5, 5.41) is 14.4. The Bertz CT molecular complexity index is 522. The Hall–Kier alpha value is -1.75. The van der Waals surface area contributed by atoms with Gasteiger partial charge in [-0.05, 0) is 32.0 Å². The Balaban J connectivity index is 2.15. The molecule has 1 atom stereocenters. The lowest BCUT2D eigenvalue weighted by molar-refractivity contribution is 0.170. The van der Waals surface area contributed by atoms with Gasteiger partial charge < -0.3 is 5.11 Å². The molecule has 0 spiro atoms. The van der Waals surface area contributed by atoms with Crippen molar-refractivity contribution < 1.29 is 9.50 Å². The molecule has 0 saturated heterocycles. The summed E-state index contributed by atoms with van der Waals surface area (Å²) in [6.07, 6.45) is 0.792. The third kappa shape index (κ3) is 2.73. The Morgan fingerprint density at radius 1 is 1.44 bits per heavy atom. The van der Waals surface area contributed by atoms with E-state index in [1.165, 1.54) is 12.1 Å². The molecular formula is C13H16FN3O. The summed E-state index contributed by atoms with van der Waals surface area (Å²) in [5.41, 5.74) is 2.35. The van der Waals surface area contributed by atoms with Crippen molar-refractivity contribution in [2.75, 3.05) is 0 Å². The maximum absolute atomic E-state index is 12.7. The van der Waals surface area contributed by atoms with Crippen molar-refractivity contribution in [3.05, 3.63) is 47.3 Å². The van der Waals surface area contributed by atoms with Crippen LogP contribution in [-0.4, -0.2) is 19.9 Å². The minimum atomic E-state index is -0.744. The molecule has 4 nitrogen and oxygen atoms in total. The van der Waals surface area contributed by atoms with Gasteiger partial charge in [-0.1, -0.05) is 0 Å². The number of hydrogen-bond donors (Lipinski definition) is 1. The van der Waals surface area contributed by atoms with Crippen LogP contribution >= 0.6 is 0 Å². The number of rotatable bonds is 4. The van der Waals surface area contributed by atoms with Gasteiger partial charge in [0.15, 0.2) is 0 Å². The molecule has 96 valence electrons. The van der Waals surface area contributed by atoms with Gasteiger partial charge in [0.25, 0.3) is 0 Å². The monoisotopic (exact) mass is 249 g/mol. The molecule has 2 heterocycles. The fraction of sp³-hybridized carbons (Fsp3) is 0.385. The smallest absolute Gasteiger partial charge is 0.141 e. The van der Waals surface area contributed by atoms with Crippen LogP contribution in [0.4, 0.5) is 4.39 Å². The number of aryl methyl sites for hydroxylation is 2. The third-order valence-electron chi connectivity index (χ3n) is 2.78. The van der Waals surface area contributed by atoms with Gasteiger partial charge in [0.05, 0.1) is 17.6 Å². The van der Waals surface area contributed by atoms with E-state index in [1.54, 1.807) is 0 Å². The molecule has 0 fully saturated rings. The number of aromatic nitrogens is 3. The molecular weight excluding hydrogens is 233 g/mol. The van der Waals surface area contributed by atoms with Crippen molar-refractivity contribution in [3.8, 4) is 0 Å². The van der Waals surface area contributed by atoms with Crippen molar-refractivity contribution in [2.24, 2.45) is 0 Å². The molecule has 0 radical (unpaired) electrons. The Labute approximate surface area is 105 Å². The Morgan fingerprint density at radius 3 is 2.83 bits per heavy atom. The lowest BCUT2D eigenvalue weighted by Gasteiger charge is -2.10. The highest BCUT2D eigenvalue weighted by Gasteiger charge is 2.13. The molecule has 2 rings (SSSR count). The van der Waals surface area contributed by atoms with Crippen LogP contribution < -0.4 is 0 Å². The van der Waals surface area contributed by atoms with E-state index < -0.39 is 11.9 Å². The van der Waals surface area contributed by atoms with Crippen LogP contribution in [0.15, 0.2) is 24.4 Å². The van der Waals surface area contributed by atoms with Gasteiger partial charge >= 0.3 is 0 Å². The normalized spacial score (nSPS) is 12.7. The van der Waals surface area contributed by atoms with Crippen LogP contribution in [0.25, 0.3) is 0 Å². The van der Waals surface area contributed by atoms with Gasteiger partial charge in [-0.25, -0.2) is 4.39 Å². The molecule has 1 unspecified atom stereocenters. The molecule has 18 heavy (non-hydrogen) atoms. The quantitative estimate of drug-likeness (QED) is 0.902. The van der Waals surface area contributed by atoms with E-state index in [4.69, 9.17) is 0 Å². The lowest BCUT2D eigenvalue weighted by Crippen LogP contribution is -2.09. The highest BCUT2D eigenvalue weighted by molar-refractivity contribution is 5.14. The standard InChI is InChI=1S/C13H16FN3O/c1-3-17-11(6-9(2)16-17)7-13(18)12-5-4-10(14)8-15-12/h4-6,8,13,18H,3,7H2,1-2H3. The van der Waals surface area contributed by atoms with Gasteiger partial charge in [-0.15, -0.1) is 0 Å². The predicted octanol–water partition coefficient (Wildman–Crippen LogP) is 2.02. The SMILES string of the molecule is CCn1nc(C)cc1CC(O)c1ccc(F)cn1. The van der Waals surface area contributed by atoms with E-state index in [0.29, 0.717) is 12.1 Å². The van der Waals surface area contributed by atoms with Crippen LogP contribution in [-0.2, 0) is 13.0 Å². The van der Waals surface area contributed by atoms with E-state index in [9.17, 15) is 9.50 Å². The summed E-state index contributed by atoms with van der Waals surface area (Å²) in [6, 6.07) is 4.74. The largest absolute Gasteiger partial charge is 0.386 e. The highest BCUT2D eigenvalue weighted by atomic mass is 19.1. The summed E-state index contributed by atoms with van der Waals surface area (Å²) < 4.78 is 14.6. The fourth-order valence-corrected chi connectivity index (χ4v) is 1.92. The van der Waals surface area contributed by atoms with Gasteiger partial charge in [-0.2, -0.15) is 5.10 Å². The van der Waals surface area contributed by atoms with E-state index in [2.05, 4.69) is 10.1 Å². The minimum Gasteiger partial charge on any atom is -0.386 e. The third-order valence-corrected chi connectivity index (χ3v) is 2.78. The van der Waals surface area contributed by atoms with Crippen LogP contribution in [0.1, 0.15) is 30.1 Å². The number of hydrogen-bond acceptors (Lipinski definition) is 3. The lowest BCUT2D eigenvalue weighted by atomic mass is 10.1. The molecule has 0 aliphatic carbocycles. The molecule has 0 aromatic carbocycles. The van der Waals surface area contributed by atoms with Gasteiger partial charge in [0.2, 0.25) is 0 Å². The molecule has 0 aliphatic rings. The van der Waals surface area contributed by atoms with Crippen molar-refractivity contribution in [1.29, 1.82) is 0 Å². The molecule has 2 aromatic heterocycles. The van der Waals surface area contributed by atoms with E-state index >= 15 is 0 Å². The molecule has 1 N–H and O–H groups in total. The van der Waals surface area contributed by atoms with E-state index in [-0.39, 0.29) is 0 Å². The number of pyridine rings is 1. The van der Waals surface area contributed by atoms with Crippen LogP contribution in [0.5, 0.6) is 0 Å². The molecule has 0 saturated carbocycles. The number of nitrogens with zero attached hydrogens (tertiary/aromatic N) is 3. The van der Waals surface area contributed by atoms with Gasteiger partial charge in [0, 0.05) is 18.7 Å². The second-order valence-corrected chi connectivity index (χ2v) is 4.21. The first-order chi connectivity index (χ1) is 8.60. The topological polar surface area (TPSA) is 50.9 Å². The number of aliphatic hydroxyl groups is 1. The fourth-order valence-electron chi connectivity index (χ4n) is 1.92. The molecule has 2 aromatic rings. The zero-order valence-corrected chi connectivity index (χ0v) is 10.5. The average Bonchev–Trinajstić information content (AvgIpc) is 2.70. The van der Waals surface area contributed by atoms with Gasteiger partial charge in [0.1, 0.15) is 11.9 Å². The maximum atomic E-state index is 12.7. The second kappa shape index (κ2) is 5.27. The highest BCUT2D eigenvalue weighted by Crippen LogP contribution is 2.17. The minimum absolute atomic E-state index is 0.402. The molecule has 0 amide bonds. The summed E-state index contributed by atoms with van der Waals surface area (Å²) in [4.78, 5) is 3.88. The van der Waals surface area contributed by atoms with Crippen LogP contribution in [0.2, 0.25) is 0 Å². The van der Waals surface area contributed by atoms with Gasteiger partial charge in [-0.3, -0.25) is 9.67 Å². The van der Waals surface area contributed by atoms with E-state index in [0.717, 1.165) is 24.1 Å². The zero-order valence-electron chi connectivity index (χ0n) is 10.5. The zero-order chi connectivity index (χ0) is 13.1. The predicted molar refractivity (Wildman–Crippen MR) is 65.5 cm³/mol. The van der Waals surface area contributed by atoms with Crippen molar-refractivity contribution in [2.45, 2.75) is 32.9 Å². The Kier molecular flexibility index (Phi) is 3.72. The Morgan fingerprint density at radius 2 is 2.22 bits per heavy atom. The molecule has 0 bridgehead atoms. The van der Waals surface area contributed by atoms with Crippen LogP contribution in [0, 0.1) is 12.7 Å². The second-order valence-electron chi connectivity index (χ2n) is 4.21. The average molecular weight is 249 g/mol. The van der Waals surface area contributed by atoms with Crippen LogP contribution in [0.3, 0.4) is 0 Å². The van der Waals surface area contributed by atoms with Crippen molar-refractivity contribution in [3.63, 3.8) is 0 Å². The first-order valence-electron chi connectivity index (χ1n) is 5.93. The number of halogens is 1. The number of aliphatic hydroxyl groups excluding tert-OH is 1.